The third kappa shape index (κ3) is 5.90. The highest BCUT2D eigenvalue weighted by Crippen LogP contribution is 2.40. The molecule has 0 atom stereocenters. The summed E-state index contributed by atoms with van der Waals surface area (Å²) in [5, 5.41) is 0. The molecule has 0 radical (unpaired) electrons. The number of ether oxygens (including phenoxy) is 4. The summed E-state index contributed by atoms with van der Waals surface area (Å²) in [5.74, 6) is 1.22. The molecule has 4 rings (SSSR count). The lowest BCUT2D eigenvalue weighted by Crippen LogP contribution is -2.11. The average Bonchev–Trinajstić information content (AvgIpc) is 3.23. The van der Waals surface area contributed by atoms with Crippen LogP contribution in [0.15, 0.2) is 71.4 Å². The van der Waals surface area contributed by atoms with E-state index in [1.165, 1.54) is 5.56 Å². The van der Waals surface area contributed by atoms with E-state index in [0.29, 0.717) is 29.4 Å². The van der Waals surface area contributed by atoms with Gasteiger partial charge in [0.2, 0.25) is 11.6 Å². The maximum absolute atomic E-state index is 12.6. The molecule has 186 valence electrons. The summed E-state index contributed by atoms with van der Waals surface area (Å²) in [6.07, 6.45) is 1.65. The molecule has 0 saturated carbocycles. The van der Waals surface area contributed by atoms with Crippen molar-refractivity contribution in [1.29, 1.82) is 0 Å². The Morgan fingerprint density at radius 1 is 0.944 bits per heavy atom. The number of carbonyl (C=O) groups is 1. The van der Waals surface area contributed by atoms with Gasteiger partial charge in [-0.05, 0) is 87.2 Å². The number of rotatable bonds is 7. The van der Waals surface area contributed by atoms with Crippen LogP contribution >= 0.6 is 22.6 Å². The molecule has 0 spiro atoms. The molecule has 0 unspecified atom stereocenters. The molecule has 0 saturated heterocycles. The van der Waals surface area contributed by atoms with Crippen LogP contribution in [0.5, 0.6) is 17.2 Å². The second-order valence-electron chi connectivity index (χ2n) is 9.33. The molecule has 0 aromatic heterocycles. The Balaban J connectivity index is 1.59. The van der Waals surface area contributed by atoms with Gasteiger partial charge in [-0.25, -0.2) is 9.79 Å². The Morgan fingerprint density at radius 2 is 1.56 bits per heavy atom. The molecule has 0 aliphatic carbocycles. The summed E-state index contributed by atoms with van der Waals surface area (Å²) in [6.45, 7) is 6.81. The fourth-order valence-electron chi connectivity index (χ4n) is 3.67. The van der Waals surface area contributed by atoms with E-state index in [9.17, 15) is 4.79 Å². The van der Waals surface area contributed by atoms with Crippen LogP contribution < -0.4 is 14.2 Å². The normalized spacial score (nSPS) is 14.4. The van der Waals surface area contributed by atoms with Gasteiger partial charge in [0.05, 0.1) is 14.2 Å². The number of aliphatic imine (C=N–C) groups is 1. The lowest BCUT2D eigenvalue weighted by Gasteiger charge is -2.18. The Bertz CT molecular complexity index is 1290. The number of halogens is 1. The van der Waals surface area contributed by atoms with Crippen LogP contribution in [0.2, 0.25) is 0 Å². The largest absolute Gasteiger partial charge is 0.493 e. The van der Waals surface area contributed by atoms with Crippen LogP contribution in [-0.2, 0) is 21.6 Å². The predicted molar refractivity (Wildman–Crippen MR) is 149 cm³/mol. The zero-order valence-corrected chi connectivity index (χ0v) is 23.1. The quantitative estimate of drug-likeness (QED) is 0.176. The number of benzene rings is 3. The first-order valence-corrected chi connectivity index (χ1v) is 12.5. The molecule has 0 bridgehead atoms. The lowest BCUT2D eigenvalue weighted by atomic mass is 9.87. The number of hydrogen-bond acceptors (Lipinski definition) is 6. The van der Waals surface area contributed by atoms with E-state index in [4.69, 9.17) is 18.9 Å². The van der Waals surface area contributed by atoms with Crippen LogP contribution in [0.4, 0.5) is 0 Å². The highest BCUT2D eigenvalue weighted by atomic mass is 127. The summed E-state index contributed by atoms with van der Waals surface area (Å²) in [7, 11) is 3.12. The van der Waals surface area contributed by atoms with Gasteiger partial charge in [0.1, 0.15) is 6.61 Å². The summed E-state index contributed by atoms with van der Waals surface area (Å²) >= 11 is 2.26. The van der Waals surface area contributed by atoms with E-state index in [1.54, 1.807) is 32.4 Å². The number of nitrogens with zero attached hydrogens (tertiary/aromatic N) is 1. The van der Waals surface area contributed by atoms with Crippen LogP contribution in [0.3, 0.4) is 0 Å². The van der Waals surface area contributed by atoms with E-state index in [0.717, 1.165) is 14.7 Å². The first kappa shape index (κ1) is 25.8. The minimum atomic E-state index is -0.512. The van der Waals surface area contributed by atoms with Crippen LogP contribution in [0.25, 0.3) is 6.08 Å². The lowest BCUT2D eigenvalue weighted by molar-refractivity contribution is -0.129. The Hall–Kier alpha value is -3.33. The molecule has 0 fully saturated rings. The van der Waals surface area contributed by atoms with Gasteiger partial charge in [0.15, 0.2) is 17.2 Å². The molecule has 0 amide bonds. The van der Waals surface area contributed by atoms with Gasteiger partial charge in [-0.3, -0.25) is 0 Å². The van der Waals surface area contributed by atoms with Crippen molar-refractivity contribution < 1.29 is 23.7 Å². The average molecular weight is 597 g/mol. The Labute approximate surface area is 225 Å². The van der Waals surface area contributed by atoms with Crippen LogP contribution in [-0.4, -0.2) is 26.1 Å². The van der Waals surface area contributed by atoms with Gasteiger partial charge in [0.25, 0.3) is 0 Å². The van der Waals surface area contributed by atoms with E-state index in [2.05, 4.69) is 48.4 Å². The summed E-state index contributed by atoms with van der Waals surface area (Å²) in [5.41, 5.74) is 3.86. The number of hydrogen-bond donors (Lipinski definition) is 0. The van der Waals surface area contributed by atoms with Gasteiger partial charge in [-0.1, -0.05) is 45.0 Å². The number of esters is 1. The van der Waals surface area contributed by atoms with Crippen molar-refractivity contribution in [1.82, 2.24) is 0 Å². The molecule has 7 heteroatoms. The van der Waals surface area contributed by atoms with Crippen molar-refractivity contribution in [3.8, 4) is 17.2 Å². The van der Waals surface area contributed by atoms with Gasteiger partial charge in [-0.15, -0.1) is 0 Å². The minimum Gasteiger partial charge on any atom is -0.493 e. The van der Waals surface area contributed by atoms with Crippen molar-refractivity contribution in [2.75, 3.05) is 14.2 Å². The molecule has 36 heavy (non-hydrogen) atoms. The molecule has 6 nitrogen and oxygen atoms in total. The highest BCUT2D eigenvalue weighted by Gasteiger charge is 2.25. The SMILES string of the molecule is COc1cc(C=C2N=C(c3ccc(C(C)(C)C)cc3)OC2=O)cc(OC)c1OCc1ccc(I)cc1. The molecule has 1 aliphatic rings. The predicted octanol–water partition coefficient (Wildman–Crippen LogP) is 6.53. The standard InChI is InChI=1S/C29H28INO5/c1-29(2,3)21-10-8-20(9-11-21)27-31-23(28(32)36-27)14-19-15-24(33-4)26(25(16-19)34-5)35-17-18-6-12-22(30)13-7-18/h6-16H,17H2,1-5H3. The second-order valence-corrected chi connectivity index (χ2v) is 10.6. The van der Waals surface area contributed by atoms with E-state index in [1.807, 2.05) is 48.5 Å². The summed E-state index contributed by atoms with van der Waals surface area (Å²) in [6, 6.07) is 19.5. The zero-order chi connectivity index (χ0) is 25.9. The summed E-state index contributed by atoms with van der Waals surface area (Å²) in [4.78, 5) is 17.0. The molecule has 3 aromatic carbocycles. The second kappa shape index (κ2) is 10.7. The fourth-order valence-corrected chi connectivity index (χ4v) is 4.02. The first-order chi connectivity index (χ1) is 17.2. The maximum Gasteiger partial charge on any atom is 0.363 e. The van der Waals surface area contributed by atoms with E-state index < -0.39 is 5.97 Å². The Kier molecular flexibility index (Phi) is 7.68. The summed E-state index contributed by atoms with van der Waals surface area (Å²) < 4.78 is 23.8. The van der Waals surface area contributed by atoms with Crippen molar-refractivity contribution in [2.24, 2.45) is 4.99 Å². The fraction of sp³-hybridized carbons (Fsp3) is 0.241. The third-order valence-electron chi connectivity index (χ3n) is 5.70. The van der Waals surface area contributed by atoms with Crippen molar-refractivity contribution >= 4 is 40.5 Å². The third-order valence-corrected chi connectivity index (χ3v) is 6.42. The minimum absolute atomic E-state index is 0.0333. The monoisotopic (exact) mass is 597 g/mol. The number of methoxy groups -OCH3 is 2. The maximum atomic E-state index is 12.6. The number of cyclic esters (lactones) is 1. The van der Waals surface area contributed by atoms with Gasteiger partial charge < -0.3 is 18.9 Å². The topological polar surface area (TPSA) is 66.4 Å². The molecule has 1 aliphatic heterocycles. The van der Waals surface area contributed by atoms with E-state index >= 15 is 0 Å². The van der Waals surface area contributed by atoms with Crippen molar-refractivity contribution in [3.05, 3.63) is 92.2 Å². The molecule has 3 aromatic rings. The molecular weight excluding hydrogens is 569 g/mol. The van der Waals surface area contributed by atoms with Crippen LogP contribution in [0.1, 0.15) is 43.0 Å². The van der Waals surface area contributed by atoms with E-state index in [-0.39, 0.29) is 17.0 Å². The smallest absolute Gasteiger partial charge is 0.363 e. The highest BCUT2D eigenvalue weighted by molar-refractivity contribution is 14.1. The Morgan fingerprint density at radius 3 is 2.11 bits per heavy atom. The van der Waals surface area contributed by atoms with Crippen molar-refractivity contribution in [2.45, 2.75) is 32.8 Å². The zero-order valence-electron chi connectivity index (χ0n) is 20.9. The molecule has 1 heterocycles. The van der Waals surface area contributed by atoms with Gasteiger partial charge in [-0.2, -0.15) is 0 Å². The van der Waals surface area contributed by atoms with Crippen LogP contribution in [0, 0.1) is 3.57 Å². The number of carbonyl (C=O) groups excluding carboxylic acids is 1. The van der Waals surface area contributed by atoms with Crippen molar-refractivity contribution in [3.63, 3.8) is 0 Å². The molecular formula is C29H28INO5. The molecule has 0 N–H and O–H groups in total. The first-order valence-electron chi connectivity index (χ1n) is 11.4. The van der Waals surface area contributed by atoms with Gasteiger partial charge in [0, 0.05) is 9.13 Å². The van der Waals surface area contributed by atoms with Gasteiger partial charge >= 0.3 is 5.97 Å².